The van der Waals surface area contributed by atoms with E-state index in [9.17, 15) is 14.9 Å². The van der Waals surface area contributed by atoms with Gasteiger partial charge in [-0.2, -0.15) is 0 Å². The lowest BCUT2D eigenvalue weighted by Crippen LogP contribution is -2.31. The number of benzene rings is 1. The van der Waals surface area contributed by atoms with Crippen LogP contribution in [0.15, 0.2) is 18.2 Å². The molecular weight excluding hydrogens is 256 g/mol. The number of hydrogen-bond acceptors (Lipinski definition) is 3. The molecule has 5 nitrogen and oxygen atoms in total. The van der Waals surface area contributed by atoms with Crippen molar-refractivity contribution >= 4 is 23.2 Å². The number of carbonyl (C=O) groups is 1. The Hall–Kier alpha value is -2.06. The molecule has 1 aromatic rings. The first-order valence-corrected chi connectivity index (χ1v) is 5.55. The highest BCUT2D eigenvalue weighted by molar-refractivity contribution is 6.32. The fraction of sp³-hybridized carbons (Fsp3) is 0.250. The van der Waals surface area contributed by atoms with Gasteiger partial charge in [-0.15, -0.1) is 6.42 Å². The Bertz CT molecular complexity index is 523. The first-order valence-electron chi connectivity index (χ1n) is 5.18. The number of terminal acetylenes is 1. The van der Waals surface area contributed by atoms with Crippen molar-refractivity contribution in [2.45, 2.75) is 6.92 Å². The lowest BCUT2D eigenvalue weighted by molar-refractivity contribution is -0.384. The van der Waals surface area contributed by atoms with Gasteiger partial charge < -0.3 is 4.90 Å². The summed E-state index contributed by atoms with van der Waals surface area (Å²) >= 11 is 5.67. The molecule has 18 heavy (non-hydrogen) atoms. The van der Waals surface area contributed by atoms with Crippen molar-refractivity contribution in [1.29, 1.82) is 0 Å². The van der Waals surface area contributed by atoms with Gasteiger partial charge in [0.1, 0.15) is 5.02 Å². The summed E-state index contributed by atoms with van der Waals surface area (Å²) in [7, 11) is 0. The Morgan fingerprint density at radius 3 is 2.78 bits per heavy atom. The van der Waals surface area contributed by atoms with Crippen LogP contribution in [0, 0.1) is 22.5 Å². The van der Waals surface area contributed by atoms with E-state index in [1.54, 1.807) is 6.92 Å². The van der Waals surface area contributed by atoms with Gasteiger partial charge in [-0.1, -0.05) is 17.5 Å². The lowest BCUT2D eigenvalue weighted by Gasteiger charge is -2.17. The van der Waals surface area contributed by atoms with Gasteiger partial charge in [0.25, 0.3) is 11.6 Å². The quantitative estimate of drug-likeness (QED) is 0.477. The molecule has 0 atom stereocenters. The molecule has 0 bridgehead atoms. The van der Waals surface area contributed by atoms with Crippen LogP contribution in [0.2, 0.25) is 5.02 Å². The second-order valence-corrected chi connectivity index (χ2v) is 3.85. The van der Waals surface area contributed by atoms with Gasteiger partial charge in [-0.25, -0.2) is 0 Å². The van der Waals surface area contributed by atoms with Gasteiger partial charge in [0, 0.05) is 18.2 Å². The largest absolute Gasteiger partial charge is 0.328 e. The third-order valence-electron chi connectivity index (χ3n) is 2.34. The highest BCUT2D eigenvalue weighted by atomic mass is 35.5. The van der Waals surface area contributed by atoms with Crippen LogP contribution in [-0.2, 0) is 0 Å². The SMILES string of the molecule is C#CCN(CC)C(=O)c1ccc(Cl)c([N+](=O)[O-])c1. The van der Waals surface area contributed by atoms with Crippen molar-refractivity contribution in [3.8, 4) is 12.3 Å². The summed E-state index contributed by atoms with van der Waals surface area (Å²) < 4.78 is 0. The zero-order valence-corrected chi connectivity index (χ0v) is 10.5. The zero-order chi connectivity index (χ0) is 13.7. The standard InChI is InChI=1S/C12H11ClN2O3/c1-3-7-14(4-2)12(16)9-5-6-10(13)11(8-9)15(17)18/h1,5-6,8H,4,7H2,2H3. The van der Waals surface area contributed by atoms with Crippen LogP contribution in [0.4, 0.5) is 5.69 Å². The van der Waals surface area contributed by atoms with Gasteiger partial charge in [-0.05, 0) is 19.1 Å². The summed E-state index contributed by atoms with van der Waals surface area (Å²) in [5, 5.41) is 10.7. The second-order valence-electron chi connectivity index (χ2n) is 3.45. The minimum absolute atomic E-state index is 0.00320. The van der Waals surface area contributed by atoms with Crippen LogP contribution in [0.1, 0.15) is 17.3 Å². The Kier molecular flexibility index (Phi) is 4.69. The number of nitro benzene ring substituents is 1. The normalized spacial score (nSPS) is 9.61. The molecular formula is C12H11ClN2O3. The summed E-state index contributed by atoms with van der Waals surface area (Å²) in [6.45, 7) is 2.37. The van der Waals surface area contributed by atoms with Crippen LogP contribution in [0.25, 0.3) is 0 Å². The third-order valence-corrected chi connectivity index (χ3v) is 2.66. The summed E-state index contributed by atoms with van der Waals surface area (Å²) in [5.74, 6) is 2.01. The highest BCUT2D eigenvalue weighted by Crippen LogP contribution is 2.25. The fourth-order valence-electron chi connectivity index (χ4n) is 1.41. The Morgan fingerprint density at radius 2 is 2.28 bits per heavy atom. The van der Waals surface area contributed by atoms with E-state index in [2.05, 4.69) is 5.92 Å². The average molecular weight is 267 g/mol. The molecule has 1 amide bonds. The third kappa shape index (κ3) is 2.99. The van der Waals surface area contributed by atoms with Crippen LogP contribution in [0.5, 0.6) is 0 Å². The van der Waals surface area contributed by atoms with Crippen molar-refractivity contribution in [3.63, 3.8) is 0 Å². The maximum Gasteiger partial charge on any atom is 0.288 e. The molecule has 0 aliphatic carbocycles. The van der Waals surface area contributed by atoms with Crippen molar-refractivity contribution in [2.24, 2.45) is 0 Å². The van der Waals surface area contributed by atoms with Crippen LogP contribution in [0.3, 0.4) is 0 Å². The van der Waals surface area contributed by atoms with E-state index in [1.165, 1.54) is 17.0 Å². The Labute approximate surface area is 109 Å². The van der Waals surface area contributed by atoms with Crippen molar-refractivity contribution in [3.05, 3.63) is 38.9 Å². The molecule has 0 unspecified atom stereocenters. The monoisotopic (exact) mass is 266 g/mol. The molecule has 0 saturated heterocycles. The molecule has 0 spiro atoms. The van der Waals surface area contributed by atoms with Gasteiger partial charge in [0.05, 0.1) is 11.5 Å². The molecule has 1 aromatic carbocycles. The molecule has 0 aliphatic heterocycles. The number of halogens is 1. The molecule has 6 heteroatoms. The predicted molar refractivity (Wildman–Crippen MR) is 68.5 cm³/mol. The van der Waals surface area contributed by atoms with E-state index < -0.39 is 4.92 Å². The van der Waals surface area contributed by atoms with Crippen LogP contribution < -0.4 is 0 Å². The van der Waals surface area contributed by atoms with Gasteiger partial charge in [-0.3, -0.25) is 14.9 Å². The number of nitrogens with zero attached hydrogens (tertiary/aromatic N) is 2. The number of rotatable bonds is 4. The molecule has 0 heterocycles. The summed E-state index contributed by atoms with van der Waals surface area (Å²) in [6.07, 6.45) is 5.15. The molecule has 0 aromatic heterocycles. The summed E-state index contributed by atoms with van der Waals surface area (Å²) in [4.78, 5) is 23.5. The van der Waals surface area contributed by atoms with Gasteiger partial charge in [0.15, 0.2) is 0 Å². The van der Waals surface area contributed by atoms with Crippen molar-refractivity contribution in [1.82, 2.24) is 4.90 Å². The molecule has 94 valence electrons. The van der Waals surface area contributed by atoms with E-state index >= 15 is 0 Å². The molecule has 1 rings (SSSR count). The minimum atomic E-state index is -0.628. The minimum Gasteiger partial charge on any atom is -0.328 e. The zero-order valence-electron chi connectivity index (χ0n) is 9.72. The number of carbonyl (C=O) groups excluding carboxylic acids is 1. The first kappa shape index (κ1) is 14.0. The Balaban J connectivity index is 3.11. The maximum atomic E-state index is 12.0. The van der Waals surface area contributed by atoms with E-state index in [0.717, 1.165) is 6.07 Å². The van der Waals surface area contributed by atoms with E-state index in [4.69, 9.17) is 18.0 Å². The number of amides is 1. The predicted octanol–water partition coefficient (Wildman–Crippen LogP) is 2.34. The summed E-state index contributed by atoms with van der Waals surface area (Å²) in [5.41, 5.74) is -0.0949. The molecule has 0 N–H and O–H groups in total. The number of hydrogen-bond donors (Lipinski definition) is 0. The van der Waals surface area contributed by atoms with Gasteiger partial charge in [0.2, 0.25) is 0 Å². The van der Waals surface area contributed by atoms with E-state index in [-0.39, 0.29) is 28.7 Å². The van der Waals surface area contributed by atoms with Crippen LogP contribution in [-0.4, -0.2) is 28.8 Å². The topological polar surface area (TPSA) is 63.5 Å². The maximum absolute atomic E-state index is 12.0. The fourth-order valence-corrected chi connectivity index (χ4v) is 1.59. The first-order chi connectivity index (χ1) is 8.51. The molecule has 0 fully saturated rings. The van der Waals surface area contributed by atoms with E-state index in [0.29, 0.717) is 6.54 Å². The van der Waals surface area contributed by atoms with Crippen molar-refractivity contribution < 1.29 is 9.72 Å². The highest BCUT2D eigenvalue weighted by Gasteiger charge is 2.19. The average Bonchev–Trinajstić information content (AvgIpc) is 2.35. The molecule has 0 radical (unpaired) electrons. The molecule has 0 aliphatic rings. The van der Waals surface area contributed by atoms with E-state index in [1.807, 2.05) is 0 Å². The lowest BCUT2D eigenvalue weighted by atomic mass is 10.1. The second kappa shape index (κ2) is 6.03. The smallest absolute Gasteiger partial charge is 0.288 e. The van der Waals surface area contributed by atoms with Crippen LogP contribution >= 0.6 is 11.6 Å². The summed E-state index contributed by atoms with van der Waals surface area (Å²) in [6, 6.07) is 3.93. The van der Waals surface area contributed by atoms with Crippen molar-refractivity contribution in [2.75, 3.05) is 13.1 Å². The molecule has 0 saturated carbocycles. The number of nitro groups is 1. The Morgan fingerprint density at radius 1 is 1.61 bits per heavy atom. The van der Waals surface area contributed by atoms with Gasteiger partial charge >= 0.3 is 0 Å².